The van der Waals surface area contributed by atoms with Gasteiger partial charge in [-0.3, -0.25) is 9.69 Å². The number of carbonyl (C=O) groups excluding carboxylic acids is 1. The molecule has 0 aliphatic heterocycles. The van der Waals surface area contributed by atoms with Crippen LogP contribution in [0.2, 0.25) is 0 Å². The molecular weight excluding hydrogens is 280 g/mol. The summed E-state index contributed by atoms with van der Waals surface area (Å²) in [4.78, 5) is 16.2. The van der Waals surface area contributed by atoms with Crippen LogP contribution in [0.4, 0.5) is 0 Å². The predicted octanol–water partition coefficient (Wildman–Crippen LogP) is 3.02. The van der Waals surface area contributed by atoms with Crippen molar-refractivity contribution in [2.45, 2.75) is 57.2 Å². The Labute approximate surface area is 130 Å². The normalized spacial score (nSPS) is 22.0. The lowest BCUT2D eigenvalue weighted by Gasteiger charge is -2.23. The summed E-state index contributed by atoms with van der Waals surface area (Å²) >= 11 is 1.79. The standard InChI is InChI=1S/C17H24N2OS/c20-16(18-17(12-3-4-12)13-5-6-13)11-19(14-7-8-14)10-15-2-1-9-21-15/h1-2,9,12-14,17H,3-8,10-11H2,(H,18,20). The Morgan fingerprint density at radius 1 is 1.24 bits per heavy atom. The molecule has 1 aromatic rings. The van der Waals surface area contributed by atoms with Gasteiger partial charge in [0, 0.05) is 23.5 Å². The highest BCUT2D eigenvalue weighted by Crippen LogP contribution is 2.44. The zero-order valence-electron chi connectivity index (χ0n) is 12.5. The van der Waals surface area contributed by atoms with E-state index in [1.807, 2.05) is 0 Å². The fraction of sp³-hybridized carbons (Fsp3) is 0.706. The van der Waals surface area contributed by atoms with Crippen LogP contribution in [0, 0.1) is 11.8 Å². The van der Waals surface area contributed by atoms with E-state index in [0.717, 1.165) is 18.4 Å². The highest BCUT2D eigenvalue weighted by Gasteiger charge is 2.42. The van der Waals surface area contributed by atoms with E-state index < -0.39 is 0 Å². The third-order valence-electron chi connectivity index (χ3n) is 4.94. The maximum Gasteiger partial charge on any atom is 0.234 e. The molecule has 1 aromatic heterocycles. The molecule has 0 unspecified atom stereocenters. The van der Waals surface area contributed by atoms with Gasteiger partial charge in [-0.1, -0.05) is 6.07 Å². The van der Waals surface area contributed by atoms with E-state index in [0.29, 0.717) is 18.6 Å². The number of amides is 1. The maximum absolute atomic E-state index is 12.4. The van der Waals surface area contributed by atoms with Gasteiger partial charge in [0.05, 0.1) is 6.54 Å². The first-order valence-corrected chi connectivity index (χ1v) is 9.23. The number of rotatable bonds is 8. The van der Waals surface area contributed by atoms with Crippen LogP contribution in [-0.4, -0.2) is 29.4 Å². The lowest BCUT2D eigenvalue weighted by atomic mass is 10.1. The van der Waals surface area contributed by atoms with Crippen molar-refractivity contribution < 1.29 is 4.79 Å². The molecule has 3 fully saturated rings. The molecule has 0 bridgehead atoms. The van der Waals surface area contributed by atoms with Crippen molar-refractivity contribution in [2.24, 2.45) is 11.8 Å². The Balaban J connectivity index is 1.32. The van der Waals surface area contributed by atoms with Gasteiger partial charge in [0.25, 0.3) is 0 Å². The summed E-state index contributed by atoms with van der Waals surface area (Å²) < 4.78 is 0. The average Bonchev–Trinajstić information content (AvgIpc) is 3.35. The van der Waals surface area contributed by atoms with Crippen LogP contribution >= 0.6 is 11.3 Å². The Morgan fingerprint density at radius 3 is 2.48 bits per heavy atom. The van der Waals surface area contributed by atoms with Crippen molar-refractivity contribution in [1.29, 1.82) is 0 Å². The molecule has 1 heterocycles. The van der Waals surface area contributed by atoms with Gasteiger partial charge in [-0.05, 0) is 61.8 Å². The fourth-order valence-corrected chi connectivity index (χ4v) is 4.03. The van der Waals surface area contributed by atoms with Crippen molar-refractivity contribution in [3.8, 4) is 0 Å². The predicted molar refractivity (Wildman–Crippen MR) is 85.1 cm³/mol. The van der Waals surface area contributed by atoms with Gasteiger partial charge in [0.15, 0.2) is 0 Å². The van der Waals surface area contributed by atoms with Crippen LogP contribution in [0.15, 0.2) is 17.5 Å². The van der Waals surface area contributed by atoms with Crippen LogP contribution in [0.3, 0.4) is 0 Å². The first-order chi connectivity index (χ1) is 10.3. The summed E-state index contributed by atoms with van der Waals surface area (Å²) in [7, 11) is 0. The molecule has 3 aliphatic rings. The summed E-state index contributed by atoms with van der Waals surface area (Å²) in [5.41, 5.74) is 0. The molecule has 4 heteroatoms. The van der Waals surface area contributed by atoms with Gasteiger partial charge < -0.3 is 5.32 Å². The highest BCUT2D eigenvalue weighted by molar-refractivity contribution is 7.09. The first-order valence-electron chi connectivity index (χ1n) is 8.35. The molecule has 0 atom stereocenters. The molecule has 1 amide bonds. The van der Waals surface area contributed by atoms with Gasteiger partial charge in [-0.15, -0.1) is 11.3 Å². The number of nitrogens with zero attached hydrogens (tertiary/aromatic N) is 1. The van der Waals surface area contributed by atoms with Crippen molar-refractivity contribution >= 4 is 17.2 Å². The molecule has 114 valence electrons. The Bertz CT molecular complexity index is 477. The highest BCUT2D eigenvalue weighted by atomic mass is 32.1. The number of hydrogen-bond acceptors (Lipinski definition) is 3. The SMILES string of the molecule is O=C(CN(Cc1cccs1)C1CC1)NC(C1CC1)C1CC1. The molecule has 0 aromatic carbocycles. The molecule has 1 N–H and O–H groups in total. The summed E-state index contributed by atoms with van der Waals surface area (Å²) in [6.45, 7) is 1.52. The second-order valence-electron chi connectivity index (χ2n) is 6.98. The van der Waals surface area contributed by atoms with Crippen LogP contribution in [0.5, 0.6) is 0 Å². The minimum Gasteiger partial charge on any atom is -0.352 e. The summed E-state index contributed by atoms with van der Waals surface area (Å²) in [5, 5.41) is 5.48. The molecular formula is C17H24N2OS. The second-order valence-corrected chi connectivity index (χ2v) is 8.02. The van der Waals surface area contributed by atoms with E-state index in [2.05, 4.69) is 27.7 Å². The number of carbonyl (C=O) groups is 1. The third-order valence-corrected chi connectivity index (χ3v) is 5.80. The smallest absolute Gasteiger partial charge is 0.234 e. The van der Waals surface area contributed by atoms with Crippen LogP contribution < -0.4 is 5.32 Å². The monoisotopic (exact) mass is 304 g/mol. The largest absolute Gasteiger partial charge is 0.352 e. The maximum atomic E-state index is 12.4. The van der Waals surface area contributed by atoms with Gasteiger partial charge in [-0.2, -0.15) is 0 Å². The van der Waals surface area contributed by atoms with E-state index >= 15 is 0 Å². The minimum atomic E-state index is 0.252. The van der Waals surface area contributed by atoms with Crippen LogP contribution in [0.25, 0.3) is 0 Å². The molecule has 0 spiro atoms. The van der Waals surface area contributed by atoms with E-state index in [4.69, 9.17) is 0 Å². The topological polar surface area (TPSA) is 32.3 Å². The van der Waals surface area contributed by atoms with E-state index in [-0.39, 0.29) is 5.91 Å². The average molecular weight is 304 g/mol. The van der Waals surface area contributed by atoms with Crippen molar-refractivity contribution in [1.82, 2.24) is 10.2 Å². The molecule has 3 saturated carbocycles. The quantitative estimate of drug-likeness (QED) is 0.800. The van der Waals surface area contributed by atoms with Gasteiger partial charge in [-0.25, -0.2) is 0 Å². The summed E-state index contributed by atoms with van der Waals surface area (Å²) in [6.07, 6.45) is 7.80. The minimum absolute atomic E-state index is 0.252. The van der Waals surface area contributed by atoms with Crippen LogP contribution in [-0.2, 0) is 11.3 Å². The van der Waals surface area contributed by atoms with Gasteiger partial charge in [0.2, 0.25) is 5.91 Å². The second kappa shape index (κ2) is 5.73. The van der Waals surface area contributed by atoms with E-state index in [9.17, 15) is 4.79 Å². The molecule has 3 aliphatic carbocycles. The molecule has 0 saturated heterocycles. The lowest BCUT2D eigenvalue weighted by molar-refractivity contribution is -0.123. The number of thiophene rings is 1. The summed E-state index contributed by atoms with van der Waals surface area (Å²) in [6, 6.07) is 5.40. The number of hydrogen-bond donors (Lipinski definition) is 1. The fourth-order valence-electron chi connectivity index (χ4n) is 3.30. The molecule has 3 nitrogen and oxygen atoms in total. The molecule has 4 rings (SSSR count). The molecule has 0 radical (unpaired) electrons. The first kappa shape index (κ1) is 13.8. The van der Waals surface area contributed by atoms with E-state index in [1.165, 1.54) is 43.4 Å². The lowest BCUT2D eigenvalue weighted by Crippen LogP contribution is -2.44. The number of nitrogens with one attached hydrogen (secondary N) is 1. The Hall–Kier alpha value is -0.870. The molecule has 21 heavy (non-hydrogen) atoms. The zero-order valence-corrected chi connectivity index (χ0v) is 13.3. The Morgan fingerprint density at radius 2 is 1.95 bits per heavy atom. The van der Waals surface area contributed by atoms with Crippen molar-refractivity contribution in [3.05, 3.63) is 22.4 Å². The van der Waals surface area contributed by atoms with Crippen molar-refractivity contribution in [3.63, 3.8) is 0 Å². The van der Waals surface area contributed by atoms with Gasteiger partial charge in [0.1, 0.15) is 0 Å². The van der Waals surface area contributed by atoms with Gasteiger partial charge >= 0.3 is 0 Å². The Kier molecular flexibility index (Phi) is 3.76. The zero-order chi connectivity index (χ0) is 14.2. The third kappa shape index (κ3) is 3.67. The summed E-state index contributed by atoms with van der Waals surface area (Å²) in [5.74, 6) is 1.82. The van der Waals surface area contributed by atoms with Crippen LogP contribution in [0.1, 0.15) is 43.4 Å². The van der Waals surface area contributed by atoms with Crippen molar-refractivity contribution in [2.75, 3.05) is 6.54 Å². The van der Waals surface area contributed by atoms with E-state index in [1.54, 1.807) is 11.3 Å².